The summed E-state index contributed by atoms with van der Waals surface area (Å²) in [7, 11) is 0. The number of piperidine rings is 1. The Morgan fingerprint density at radius 2 is 2.07 bits per heavy atom. The van der Waals surface area contributed by atoms with Gasteiger partial charge in [0, 0.05) is 25.9 Å². The summed E-state index contributed by atoms with van der Waals surface area (Å²) in [4.78, 5) is 13.9. The zero-order valence-corrected chi connectivity index (χ0v) is 8.90. The van der Waals surface area contributed by atoms with Crippen LogP contribution in [0.3, 0.4) is 0 Å². The van der Waals surface area contributed by atoms with E-state index in [1.807, 2.05) is 5.38 Å². The Labute approximate surface area is 90.5 Å². The molecule has 1 aliphatic heterocycles. The van der Waals surface area contributed by atoms with Gasteiger partial charge < -0.3 is 4.90 Å². The molecule has 0 radical (unpaired) electrons. The van der Waals surface area contributed by atoms with Crippen LogP contribution in [0.4, 0.5) is 8.78 Å². The lowest BCUT2D eigenvalue weighted by atomic mass is 10.1. The molecule has 0 aromatic carbocycles. The van der Waals surface area contributed by atoms with E-state index in [9.17, 15) is 13.6 Å². The minimum Gasteiger partial charge on any atom is -0.338 e. The number of alkyl halides is 2. The van der Waals surface area contributed by atoms with E-state index in [4.69, 9.17) is 0 Å². The van der Waals surface area contributed by atoms with Crippen LogP contribution >= 0.6 is 11.3 Å². The van der Waals surface area contributed by atoms with Crippen LogP contribution in [0.2, 0.25) is 0 Å². The summed E-state index contributed by atoms with van der Waals surface area (Å²) < 4.78 is 25.7. The molecule has 0 spiro atoms. The highest BCUT2D eigenvalue weighted by Crippen LogP contribution is 2.28. The molecule has 1 amide bonds. The Bertz CT molecular complexity index is 340. The largest absolute Gasteiger partial charge is 0.338 e. The van der Waals surface area contributed by atoms with Gasteiger partial charge >= 0.3 is 0 Å². The van der Waals surface area contributed by atoms with Crippen molar-refractivity contribution in [2.24, 2.45) is 0 Å². The smallest absolute Gasteiger partial charge is 0.263 e. The molecule has 0 unspecified atom stereocenters. The predicted molar refractivity (Wildman–Crippen MR) is 54.4 cm³/mol. The quantitative estimate of drug-likeness (QED) is 0.727. The summed E-state index contributed by atoms with van der Waals surface area (Å²) in [6.07, 6.45) is -0.436. The van der Waals surface area contributed by atoms with Crippen molar-refractivity contribution in [1.82, 2.24) is 4.90 Å². The van der Waals surface area contributed by atoms with Gasteiger partial charge in [-0.15, -0.1) is 11.3 Å². The lowest BCUT2D eigenvalue weighted by molar-refractivity contribution is -0.0493. The molecule has 0 saturated carbocycles. The van der Waals surface area contributed by atoms with Crippen molar-refractivity contribution in [3.05, 3.63) is 22.4 Å². The normalized spacial score (nSPS) is 20.3. The van der Waals surface area contributed by atoms with Gasteiger partial charge in [-0.25, -0.2) is 8.78 Å². The monoisotopic (exact) mass is 231 g/mol. The first-order valence-electron chi connectivity index (χ1n) is 4.79. The van der Waals surface area contributed by atoms with Crippen LogP contribution in [0.5, 0.6) is 0 Å². The fraction of sp³-hybridized carbons (Fsp3) is 0.500. The van der Waals surface area contributed by atoms with Crippen LogP contribution in [0.1, 0.15) is 22.5 Å². The number of halogens is 2. The van der Waals surface area contributed by atoms with E-state index in [-0.39, 0.29) is 31.8 Å². The summed E-state index contributed by atoms with van der Waals surface area (Å²) in [6, 6.07) is 3.51. The molecule has 2 nitrogen and oxygen atoms in total. The fourth-order valence-electron chi connectivity index (χ4n) is 1.59. The summed E-state index contributed by atoms with van der Waals surface area (Å²) in [5.41, 5.74) is 0. The predicted octanol–water partition coefficient (Wildman–Crippen LogP) is 2.62. The van der Waals surface area contributed by atoms with Gasteiger partial charge in [-0.2, -0.15) is 0 Å². The van der Waals surface area contributed by atoms with Crippen molar-refractivity contribution in [3.8, 4) is 0 Å². The second kappa shape index (κ2) is 3.89. The maximum absolute atomic E-state index is 12.8. The van der Waals surface area contributed by atoms with E-state index in [0.717, 1.165) is 0 Å². The molecule has 5 heteroatoms. The zero-order valence-electron chi connectivity index (χ0n) is 8.08. The molecule has 1 fully saturated rings. The van der Waals surface area contributed by atoms with Crippen LogP contribution in [0.15, 0.2) is 17.5 Å². The van der Waals surface area contributed by atoms with E-state index in [0.29, 0.717) is 4.88 Å². The lowest BCUT2D eigenvalue weighted by Gasteiger charge is -2.31. The number of nitrogens with zero attached hydrogens (tertiary/aromatic N) is 1. The second-order valence-corrected chi connectivity index (χ2v) is 4.57. The van der Waals surface area contributed by atoms with Gasteiger partial charge in [0.15, 0.2) is 0 Å². The molecule has 0 aliphatic carbocycles. The van der Waals surface area contributed by atoms with Crippen molar-refractivity contribution < 1.29 is 13.6 Å². The third-order valence-electron chi connectivity index (χ3n) is 2.51. The van der Waals surface area contributed by atoms with E-state index in [1.54, 1.807) is 12.1 Å². The van der Waals surface area contributed by atoms with Crippen molar-refractivity contribution in [1.29, 1.82) is 0 Å². The molecule has 82 valence electrons. The Morgan fingerprint density at radius 1 is 1.40 bits per heavy atom. The molecule has 0 bridgehead atoms. The summed E-state index contributed by atoms with van der Waals surface area (Å²) in [5.74, 6) is -2.72. The highest BCUT2D eigenvalue weighted by atomic mass is 32.1. The standard InChI is InChI=1S/C10H11F2NOS/c11-10(12)3-5-13(6-4-10)9(14)8-2-1-7-15-8/h1-2,7H,3-6H2. The van der Waals surface area contributed by atoms with Gasteiger partial charge in [-0.1, -0.05) is 6.07 Å². The van der Waals surface area contributed by atoms with Gasteiger partial charge in [0.2, 0.25) is 0 Å². The molecule has 2 heterocycles. The highest BCUT2D eigenvalue weighted by Gasteiger charge is 2.35. The van der Waals surface area contributed by atoms with Crippen LogP contribution in [-0.2, 0) is 0 Å². The molecule has 0 N–H and O–H groups in total. The lowest BCUT2D eigenvalue weighted by Crippen LogP contribution is -2.42. The summed E-state index contributed by atoms with van der Waals surface area (Å²) >= 11 is 1.35. The van der Waals surface area contributed by atoms with Gasteiger partial charge in [0.25, 0.3) is 11.8 Å². The number of hydrogen-bond acceptors (Lipinski definition) is 2. The molecule has 1 saturated heterocycles. The molecule has 1 aromatic heterocycles. The topological polar surface area (TPSA) is 20.3 Å². The minimum absolute atomic E-state index is 0.125. The van der Waals surface area contributed by atoms with Gasteiger partial charge in [0.05, 0.1) is 4.88 Å². The van der Waals surface area contributed by atoms with Crippen molar-refractivity contribution in [2.45, 2.75) is 18.8 Å². The first-order chi connectivity index (χ1) is 7.08. The highest BCUT2D eigenvalue weighted by molar-refractivity contribution is 7.12. The number of carbonyl (C=O) groups is 1. The Morgan fingerprint density at radius 3 is 2.60 bits per heavy atom. The van der Waals surface area contributed by atoms with Gasteiger partial charge in [-0.05, 0) is 11.4 Å². The average molecular weight is 231 g/mol. The number of carbonyl (C=O) groups excluding carboxylic acids is 1. The van der Waals surface area contributed by atoms with Crippen LogP contribution in [-0.4, -0.2) is 29.8 Å². The molecule has 2 rings (SSSR count). The molecule has 0 atom stereocenters. The van der Waals surface area contributed by atoms with Crippen LogP contribution < -0.4 is 0 Å². The third kappa shape index (κ3) is 2.34. The zero-order chi connectivity index (χ0) is 10.9. The molecular weight excluding hydrogens is 220 g/mol. The van der Waals surface area contributed by atoms with Crippen LogP contribution in [0.25, 0.3) is 0 Å². The van der Waals surface area contributed by atoms with E-state index in [1.165, 1.54) is 16.2 Å². The van der Waals surface area contributed by atoms with Crippen LogP contribution in [0, 0.1) is 0 Å². The first-order valence-corrected chi connectivity index (χ1v) is 5.67. The fourth-order valence-corrected chi connectivity index (χ4v) is 2.28. The number of amides is 1. The number of hydrogen-bond donors (Lipinski definition) is 0. The third-order valence-corrected chi connectivity index (χ3v) is 3.37. The van der Waals surface area contributed by atoms with Gasteiger partial charge in [0.1, 0.15) is 0 Å². The summed E-state index contributed by atoms with van der Waals surface area (Å²) in [5, 5.41) is 1.81. The Kier molecular flexibility index (Phi) is 2.73. The number of likely N-dealkylation sites (tertiary alicyclic amines) is 1. The van der Waals surface area contributed by atoms with Crippen molar-refractivity contribution >= 4 is 17.2 Å². The Hall–Kier alpha value is -0.970. The van der Waals surface area contributed by atoms with E-state index in [2.05, 4.69) is 0 Å². The van der Waals surface area contributed by atoms with E-state index < -0.39 is 5.92 Å². The first kappa shape index (κ1) is 10.5. The summed E-state index contributed by atoms with van der Waals surface area (Å²) in [6.45, 7) is 0.313. The second-order valence-electron chi connectivity index (χ2n) is 3.63. The number of thiophene rings is 1. The number of rotatable bonds is 1. The van der Waals surface area contributed by atoms with Gasteiger partial charge in [-0.3, -0.25) is 4.79 Å². The molecule has 1 aliphatic rings. The maximum atomic E-state index is 12.8. The SMILES string of the molecule is O=C(c1cccs1)N1CCC(F)(F)CC1. The molecule has 15 heavy (non-hydrogen) atoms. The Balaban J connectivity index is 2.00. The average Bonchev–Trinajstić information content (AvgIpc) is 2.69. The molecular formula is C10H11F2NOS. The van der Waals surface area contributed by atoms with Crippen molar-refractivity contribution in [3.63, 3.8) is 0 Å². The molecule has 1 aromatic rings. The minimum atomic E-state index is -2.59. The van der Waals surface area contributed by atoms with Crippen molar-refractivity contribution in [2.75, 3.05) is 13.1 Å². The maximum Gasteiger partial charge on any atom is 0.263 e. The van der Waals surface area contributed by atoms with E-state index >= 15 is 0 Å².